The summed E-state index contributed by atoms with van der Waals surface area (Å²) in [5, 5.41) is 3.01. The highest BCUT2D eigenvalue weighted by atomic mass is 16.5. The van der Waals surface area contributed by atoms with Gasteiger partial charge in [-0.15, -0.1) is 0 Å². The van der Waals surface area contributed by atoms with Crippen LogP contribution in [0.25, 0.3) is 0 Å². The van der Waals surface area contributed by atoms with Crippen molar-refractivity contribution in [3.63, 3.8) is 0 Å². The highest BCUT2D eigenvalue weighted by Gasteiger charge is 2.33. The summed E-state index contributed by atoms with van der Waals surface area (Å²) in [6, 6.07) is 5.76. The van der Waals surface area contributed by atoms with E-state index in [9.17, 15) is 4.79 Å². The Morgan fingerprint density at radius 3 is 2.52 bits per heavy atom. The van der Waals surface area contributed by atoms with Gasteiger partial charge in [-0.3, -0.25) is 4.79 Å². The number of anilines is 1. The summed E-state index contributed by atoms with van der Waals surface area (Å²) in [6.07, 6.45) is 3.95. The van der Waals surface area contributed by atoms with Gasteiger partial charge < -0.3 is 14.8 Å². The lowest BCUT2D eigenvalue weighted by atomic mass is 9.96. The molecule has 4 nitrogen and oxygen atoms in total. The molecule has 4 heteroatoms. The summed E-state index contributed by atoms with van der Waals surface area (Å²) >= 11 is 0. The van der Waals surface area contributed by atoms with E-state index in [4.69, 9.17) is 9.47 Å². The molecule has 0 heterocycles. The zero-order valence-electron chi connectivity index (χ0n) is 16.8. The second-order valence-electron chi connectivity index (χ2n) is 7.26. The van der Waals surface area contributed by atoms with Crippen LogP contribution in [-0.4, -0.2) is 24.7 Å². The normalized spacial score (nSPS) is 13.6. The largest absolute Gasteiger partial charge is 0.493 e. The Morgan fingerprint density at radius 2 is 1.96 bits per heavy atom. The van der Waals surface area contributed by atoms with Crippen LogP contribution in [-0.2, 0) is 9.53 Å². The smallest absolute Gasteiger partial charge is 0.256 e. The monoisotopic (exact) mass is 349 g/mol. The van der Waals surface area contributed by atoms with Crippen LogP contribution < -0.4 is 10.1 Å². The number of rotatable bonds is 11. The Labute approximate surface area is 153 Å². The molecule has 1 rings (SSSR count). The highest BCUT2D eigenvalue weighted by molar-refractivity contribution is 5.97. The summed E-state index contributed by atoms with van der Waals surface area (Å²) in [5.41, 5.74) is 1.01. The van der Waals surface area contributed by atoms with Gasteiger partial charge in [0.25, 0.3) is 5.91 Å². The molecule has 25 heavy (non-hydrogen) atoms. The average molecular weight is 350 g/mol. The lowest BCUT2D eigenvalue weighted by molar-refractivity contribution is -0.139. The lowest BCUT2D eigenvalue weighted by Crippen LogP contribution is -2.42. The van der Waals surface area contributed by atoms with E-state index in [-0.39, 0.29) is 5.91 Å². The number of benzene rings is 1. The quantitative estimate of drug-likeness (QED) is 0.548. The maximum Gasteiger partial charge on any atom is 0.256 e. The third-order valence-electron chi connectivity index (χ3n) is 4.21. The molecule has 1 N–H and O–H groups in total. The molecule has 0 saturated carbocycles. The first-order chi connectivity index (χ1) is 11.8. The molecule has 0 bridgehead atoms. The van der Waals surface area contributed by atoms with Gasteiger partial charge in [0.1, 0.15) is 11.4 Å². The zero-order chi connectivity index (χ0) is 18.9. The summed E-state index contributed by atoms with van der Waals surface area (Å²) < 4.78 is 11.6. The molecule has 0 spiro atoms. The molecule has 0 aliphatic rings. The minimum atomic E-state index is -0.787. The van der Waals surface area contributed by atoms with Gasteiger partial charge in [0, 0.05) is 12.3 Å². The van der Waals surface area contributed by atoms with Crippen molar-refractivity contribution in [3.8, 4) is 5.75 Å². The summed E-state index contributed by atoms with van der Waals surface area (Å²) in [4.78, 5) is 12.8. The predicted molar refractivity (Wildman–Crippen MR) is 104 cm³/mol. The number of carbonyl (C=O) groups is 1. The average Bonchev–Trinajstić information content (AvgIpc) is 2.54. The van der Waals surface area contributed by atoms with Crippen LogP contribution in [0.2, 0.25) is 0 Å². The molecule has 0 radical (unpaired) electrons. The summed E-state index contributed by atoms with van der Waals surface area (Å²) in [7, 11) is 0. The molecule has 1 atom stereocenters. The fourth-order valence-corrected chi connectivity index (χ4v) is 2.69. The van der Waals surface area contributed by atoms with E-state index < -0.39 is 5.60 Å². The van der Waals surface area contributed by atoms with Crippen LogP contribution in [0.5, 0.6) is 5.75 Å². The van der Waals surface area contributed by atoms with Gasteiger partial charge in [-0.2, -0.15) is 0 Å². The van der Waals surface area contributed by atoms with E-state index in [0.717, 1.165) is 42.7 Å². The molecular formula is C21H35NO3. The van der Waals surface area contributed by atoms with E-state index in [0.29, 0.717) is 19.1 Å². The zero-order valence-corrected chi connectivity index (χ0v) is 16.8. The third kappa shape index (κ3) is 7.07. The molecule has 0 unspecified atom stereocenters. The topological polar surface area (TPSA) is 47.6 Å². The molecule has 0 fully saturated rings. The first-order valence-electron chi connectivity index (χ1n) is 9.51. The van der Waals surface area contributed by atoms with Crippen molar-refractivity contribution < 1.29 is 14.3 Å². The van der Waals surface area contributed by atoms with E-state index in [1.54, 1.807) is 0 Å². The van der Waals surface area contributed by atoms with Gasteiger partial charge in [-0.25, -0.2) is 0 Å². The first kappa shape index (κ1) is 21.5. The van der Waals surface area contributed by atoms with Crippen molar-refractivity contribution in [2.75, 3.05) is 18.5 Å². The van der Waals surface area contributed by atoms with Crippen molar-refractivity contribution in [1.82, 2.24) is 0 Å². The van der Waals surface area contributed by atoms with Crippen molar-refractivity contribution in [1.29, 1.82) is 0 Å². The maximum absolute atomic E-state index is 12.8. The standard InChI is InChI=1S/C21H35NO3/c1-7-9-10-13-21(6,25-8-2)20(23)22-18-11-12-19(17(5)14-18)24-15-16(3)4/h11-12,14,16H,7-10,13,15H2,1-6H3,(H,22,23)/t21-/m1/s1. The summed E-state index contributed by atoms with van der Waals surface area (Å²) in [6.45, 7) is 13.4. The second kappa shape index (κ2) is 10.4. The van der Waals surface area contributed by atoms with E-state index in [2.05, 4.69) is 26.1 Å². The van der Waals surface area contributed by atoms with Crippen molar-refractivity contribution >= 4 is 11.6 Å². The van der Waals surface area contributed by atoms with Crippen molar-refractivity contribution in [3.05, 3.63) is 23.8 Å². The van der Waals surface area contributed by atoms with E-state index >= 15 is 0 Å². The van der Waals surface area contributed by atoms with Crippen molar-refractivity contribution in [2.24, 2.45) is 5.92 Å². The van der Waals surface area contributed by atoms with Gasteiger partial charge in [0.2, 0.25) is 0 Å². The SMILES string of the molecule is CCCCC[C@@](C)(OCC)C(=O)Nc1ccc(OCC(C)C)c(C)c1. The van der Waals surface area contributed by atoms with E-state index in [1.165, 1.54) is 0 Å². The number of unbranched alkanes of at least 4 members (excludes halogenated alkanes) is 2. The molecule has 0 aliphatic carbocycles. The van der Waals surface area contributed by atoms with Gasteiger partial charge in [-0.1, -0.05) is 40.0 Å². The number of carbonyl (C=O) groups excluding carboxylic acids is 1. The molecule has 0 aromatic heterocycles. The lowest BCUT2D eigenvalue weighted by Gasteiger charge is -2.28. The van der Waals surface area contributed by atoms with Crippen LogP contribution >= 0.6 is 0 Å². The van der Waals surface area contributed by atoms with Gasteiger partial charge >= 0.3 is 0 Å². The van der Waals surface area contributed by atoms with Crippen molar-refractivity contribution in [2.45, 2.75) is 72.8 Å². The molecule has 1 amide bonds. The Bertz CT molecular complexity index is 542. The minimum Gasteiger partial charge on any atom is -0.493 e. The molecular weight excluding hydrogens is 314 g/mol. The Hall–Kier alpha value is -1.55. The molecule has 0 aliphatic heterocycles. The molecule has 142 valence electrons. The number of hydrogen-bond donors (Lipinski definition) is 1. The van der Waals surface area contributed by atoms with Crippen LogP contribution in [0.4, 0.5) is 5.69 Å². The fraction of sp³-hybridized carbons (Fsp3) is 0.667. The molecule has 1 aromatic carbocycles. The summed E-state index contributed by atoms with van der Waals surface area (Å²) in [5.74, 6) is 1.26. The van der Waals surface area contributed by atoms with Gasteiger partial charge in [0.15, 0.2) is 0 Å². The number of nitrogens with one attached hydrogen (secondary N) is 1. The third-order valence-corrected chi connectivity index (χ3v) is 4.21. The highest BCUT2D eigenvalue weighted by Crippen LogP contribution is 2.25. The van der Waals surface area contributed by atoms with Crippen LogP contribution in [0.3, 0.4) is 0 Å². The second-order valence-corrected chi connectivity index (χ2v) is 7.26. The fourth-order valence-electron chi connectivity index (χ4n) is 2.69. The Morgan fingerprint density at radius 1 is 1.24 bits per heavy atom. The Balaban J connectivity index is 2.77. The van der Waals surface area contributed by atoms with Crippen LogP contribution in [0.15, 0.2) is 18.2 Å². The van der Waals surface area contributed by atoms with E-state index in [1.807, 2.05) is 39.0 Å². The molecule has 1 aromatic rings. The number of ether oxygens (including phenoxy) is 2. The number of hydrogen-bond acceptors (Lipinski definition) is 3. The number of amides is 1. The number of aryl methyl sites for hydroxylation is 1. The van der Waals surface area contributed by atoms with Gasteiger partial charge in [0.05, 0.1) is 6.61 Å². The van der Waals surface area contributed by atoms with Crippen LogP contribution in [0.1, 0.15) is 65.9 Å². The van der Waals surface area contributed by atoms with Crippen LogP contribution in [0, 0.1) is 12.8 Å². The first-order valence-corrected chi connectivity index (χ1v) is 9.51. The minimum absolute atomic E-state index is 0.0827. The Kier molecular flexibility index (Phi) is 8.98. The van der Waals surface area contributed by atoms with Gasteiger partial charge in [-0.05, 0) is 56.9 Å². The maximum atomic E-state index is 12.8. The molecule has 0 saturated heterocycles. The predicted octanol–water partition coefficient (Wildman–Crippen LogP) is 5.34.